The highest BCUT2D eigenvalue weighted by Crippen LogP contribution is 2.42. The summed E-state index contributed by atoms with van der Waals surface area (Å²) in [6, 6.07) is 24.3. The fraction of sp³-hybridized carbons (Fsp3) is 0.179. The Morgan fingerprint density at radius 2 is 1.77 bits per heavy atom. The van der Waals surface area contributed by atoms with Gasteiger partial charge in [0.05, 0.1) is 5.25 Å². The molecular formula is C28H24ClN3O2S. The number of halogens is 1. The van der Waals surface area contributed by atoms with Crippen LogP contribution in [0.2, 0.25) is 5.02 Å². The van der Waals surface area contributed by atoms with Gasteiger partial charge in [-0.25, -0.2) is 0 Å². The molecule has 0 spiro atoms. The third kappa shape index (κ3) is 5.43. The summed E-state index contributed by atoms with van der Waals surface area (Å²) >= 11 is 7.53. The van der Waals surface area contributed by atoms with Crippen molar-refractivity contribution in [3.8, 4) is 6.07 Å². The SMILES string of the molecule is CCc1ccc(NC(=O)C(C#N)=C2SC(Cc3ccc(C)c(Cl)c3)C(=O)N2c2ccccc2)cc1. The van der Waals surface area contributed by atoms with E-state index in [-0.39, 0.29) is 11.5 Å². The van der Waals surface area contributed by atoms with Gasteiger partial charge in [-0.2, -0.15) is 5.26 Å². The molecule has 0 saturated carbocycles. The minimum absolute atomic E-state index is 0.101. The molecular weight excluding hydrogens is 478 g/mol. The predicted octanol–water partition coefficient (Wildman–Crippen LogP) is 6.28. The first-order chi connectivity index (χ1) is 16.9. The number of thioether (sulfide) groups is 1. The summed E-state index contributed by atoms with van der Waals surface area (Å²) < 4.78 is 0. The Balaban J connectivity index is 1.69. The van der Waals surface area contributed by atoms with Gasteiger partial charge in [0.25, 0.3) is 5.91 Å². The molecule has 1 heterocycles. The van der Waals surface area contributed by atoms with Crippen molar-refractivity contribution < 1.29 is 9.59 Å². The zero-order chi connectivity index (χ0) is 24.9. The number of nitrogens with one attached hydrogen (secondary N) is 1. The van der Waals surface area contributed by atoms with Gasteiger partial charge >= 0.3 is 0 Å². The molecule has 1 saturated heterocycles. The Morgan fingerprint density at radius 3 is 2.40 bits per heavy atom. The van der Waals surface area contributed by atoms with E-state index in [4.69, 9.17) is 11.6 Å². The van der Waals surface area contributed by atoms with Gasteiger partial charge in [0.1, 0.15) is 16.7 Å². The summed E-state index contributed by atoms with van der Waals surface area (Å²) in [5, 5.41) is 13.2. The fourth-order valence-electron chi connectivity index (χ4n) is 3.79. The first-order valence-corrected chi connectivity index (χ1v) is 12.5. The molecule has 3 aromatic rings. The zero-order valence-corrected chi connectivity index (χ0v) is 21.0. The Labute approximate surface area is 214 Å². The van der Waals surface area contributed by atoms with Crippen molar-refractivity contribution in [1.29, 1.82) is 5.26 Å². The number of hydrogen-bond donors (Lipinski definition) is 1. The first kappa shape index (κ1) is 24.6. The molecule has 4 rings (SSSR count). The number of aryl methyl sites for hydroxylation is 2. The van der Waals surface area contributed by atoms with Crippen LogP contribution < -0.4 is 10.2 Å². The largest absolute Gasteiger partial charge is 0.321 e. The molecule has 3 aromatic carbocycles. The maximum absolute atomic E-state index is 13.5. The molecule has 0 radical (unpaired) electrons. The number of benzene rings is 3. The number of anilines is 2. The van der Waals surface area contributed by atoms with Gasteiger partial charge in [0.15, 0.2) is 0 Å². The highest BCUT2D eigenvalue weighted by Gasteiger charge is 2.40. The average Bonchev–Trinajstić information content (AvgIpc) is 3.18. The van der Waals surface area contributed by atoms with E-state index in [1.165, 1.54) is 16.7 Å². The summed E-state index contributed by atoms with van der Waals surface area (Å²) in [5.41, 5.74) is 4.12. The van der Waals surface area contributed by atoms with Crippen LogP contribution in [0, 0.1) is 18.3 Å². The highest BCUT2D eigenvalue weighted by molar-refractivity contribution is 8.05. The number of hydrogen-bond acceptors (Lipinski definition) is 4. The maximum atomic E-state index is 13.5. The van der Waals surface area contributed by atoms with E-state index in [0.717, 1.165) is 23.1 Å². The molecule has 0 aliphatic carbocycles. The van der Waals surface area contributed by atoms with Crippen molar-refractivity contribution in [2.24, 2.45) is 0 Å². The van der Waals surface area contributed by atoms with Crippen molar-refractivity contribution in [3.63, 3.8) is 0 Å². The first-order valence-electron chi connectivity index (χ1n) is 11.3. The smallest absolute Gasteiger partial charge is 0.269 e. The molecule has 35 heavy (non-hydrogen) atoms. The van der Waals surface area contributed by atoms with Crippen LogP contribution in [0.15, 0.2) is 83.4 Å². The lowest BCUT2D eigenvalue weighted by Gasteiger charge is -2.18. The van der Waals surface area contributed by atoms with Crippen LogP contribution in [-0.4, -0.2) is 17.1 Å². The summed E-state index contributed by atoms with van der Waals surface area (Å²) in [7, 11) is 0. The number of nitrogens with zero attached hydrogens (tertiary/aromatic N) is 2. The standard InChI is InChI=1S/C28H24ClN3O2S/c1-3-19-11-13-21(14-12-19)31-26(33)23(17-30)28-32(22-7-5-4-6-8-22)27(34)25(35-28)16-20-10-9-18(2)24(29)15-20/h4-15,25H,3,16H2,1-2H3,(H,31,33). The van der Waals surface area contributed by atoms with Crippen molar-refractivity contribution in [2.45, 2.75) is 31.9 Å². The summed E-state index contributed by atoms with van der Waals surface area (Å²) in [5.74, 6) is -0.729. The van der Waals surface area contributed by atoms with Crippen molar-refractivity contribution >= 4 is 46.6 Å². The molecule has 1 unspecified atom stereocenters. The van der Waals surface area contributed by atoms with Gasteiger partial charge in [-0.1, -0.05) is 72.8 Å². The van der Waals surface area contributed by atoms with Crippen LogP contribution in [0.3, 0.4) is 0 Å². The maximum Gasteiger partial charge on any atom is 0.269 e. The molecule has 0 aromatic heterocycles. The second kappa shape index (κ2) is 10.8. The minimum Gasteiger partial charge on any atom is -0.321 e. The number of nitriles is 1. The lowest BCUT2D eigenvalue weighted by molar-refractivity contribution is -0.117. The number of para-hydroxylation sites is 1. The number of carbonyl (C=O) groups excluding carboxylic acids is 2. The van der Waals surface area contributed by atoms with Crippen molar-refractivity contribution in [3.05, 3.63) is 105 Å². The van der Waals surface area contributed by atoms with Crippen molar-refractivity contribution in [2.75, 3.05) is 10.2 Å². The topological polar surface area (TPSA) is 73.2 Å². The number of amides is 2. The van der Waals surface area contributed by atoms with E-state index in [1.807, 2.05) is 73.7 Å². The molecule has 1 aliphatic heterocycles. The quantitative estimate of drug-likeness (QED) is 0.319. The summed E-state index contributed by atoms with van der Waals surface area (Å²) in [4.78, 5) is 28.2. The molecule has 1 N–H and O–H groups in total. The Hall–Kier alpha value is -3.53. The van der Waals surface area contributed by atoms with Crippen LogP contribution in [0.1, 0.15) is 23.6 Å². The van der Waals surface area contributed by atoms with Crippen molar-refractivity contribution in [1.82, 2.24) is 0 Å². The second-order valence-electron chi connectivity index (χ2n) is 8.20. The molecule has 1 aliphatic rings. The average molecular weight is 502 g/mol. The molecule has 176 valence electrons. The third-order valence-corrected chi connectivity index (χ3v) is 7.47. The third-order valence-electron chi connectivity index (χ3n) is 5.80. The monoisotopic (exact) mass is 501 g/mol. The van der Waals surface area contributed by atoms with Crippen LogP contribution in [0.25, 0.3) is 0 Å². The Bertz CT molecular complexity index is 1330. The summed E-state index contributed by atoms with van der Waals surface area (Å²) in [6.07, 6.45) is 1.31. The molecule has 5 nitrogen and oxygen atoms in total. The zero-order valence-electron chi connectivity index (χ0n) is 19.4. The minimum atomic E-state index is -0.549. The molecule has 7 heteroatoms. The van der Waals surface area contributed by atoms with Gasteiger partial charge in [0.2, 0.25) is 5.91 Å². The number of carbonyl (C=O) groups is 2. The second-order valence-corrected chi connectivity index (χ2v) is 9.80. The van der Waals surface area contributed by atoms with E-state index in [2.05, 4.69) is 12.2 Å². The van der Waals surface area contributed by atoms with E-state index in [9.17, 15) is 14.9 Å². The van der Waals surface area contributed by atoms with Crippen LogP contribution in [-0.2, 0) is 22.4 Å². The Kier molecular flexibility index (Phi) is 7.60. The summed E-state index contributed by atoms with van der Waals surface area (Å²) in [6.45, 7) is 3.98. The van der Waals surface area contributed by atoms with Gasteiger partial charge < -0.3 is 5.32 Å². The Morgan fingerprint density at radius 1 is 1.09 bits per heavy atom. The van der Waals surface area contributed by atoms with Crippen LogP contribution in [0.4, 0.5) is 11.4 Å². The molecule has 1 atom stereocenters. The highest BCUT2D eigenvalue weighted by atomic mass is 35.5. The molecule has 0 bridgehead atoms. The lowest BCUT2D eigenvalue weighted by Crippen LogP contribution is -2.30. The molecule has 2 amide bonds. The van der Waals surface area contributed by atoms with Gasteiger partial charge in [-0.15, -0.1) is 0 Å². The van der Waals surface area contributed by atoms with Crippen LogP contribution >= 0.6 is 23.4 Å². The van der Waals surface area contributed by atoms with Gasteiger partial charge in [-0.05, 0) is 66.8 Å². The van der Waals surface area contributed by atoms with E-state index in [1.54, 1.807) is 12.1 Å². The normalized spacial score (nSPS) is 16.7. The number of rotatable bonds is 6. The predicted molar refractivity (Wildman–Crippen MR) is 142 cm³/mol. The van der Waals surface area contributed by atoms with E-state index < -0.39 is 11.2 Å². The van der Waals surface area contributed by atoms with Crippen LogP contribution in [0.5, 0.6) is 0 Å². The van der Waals surface area contributed by atoms with E-state index >= 15 is 0 Å². The van der Waals surface area contributed by atoms with E-state index in [0.29, 0.717) is 27.8 Å². The van der Waals surface area contributed by atoms with Gasteiger partial charge in [0, 0.05) is 16.4 Å². The lowest BCUT2D eigenvalue weighted by atomic mass is 10.1. The van der Waals surface area contributed by atoms with Gasteiger partial charge in [-0.3, -0.25) is 14.5 Å². The fourth-order valence-corrected chi connectivity index (χ4v) is 5.31. The molecule has 1 fully saturated rings.